The van der Waals surface area contributed by atoms with Crippen LogP contribution >= 0.6 is 27.5 Å². The van der Waals surface area contributed by atoms with Crippen LogP contribution in [-0.2, 0) is 12.8 Å². The molecule has 0 amide bonds. The van der Waals surface area contributed by atoms with E-state index in [1.807, 2.05) is 18.2 Å². The maximum atomic E-state index is 6.40. The summed E-state index contributed by atoms with van der Waals surface area (Å²) >= 11 is 9.86. The lowest BCUT2D eigenvalue weighted by atomic mass is 10.1. The van der Waals surface area contributed by atoms with Gasteiger partial charge in [0.15, 0.2) is 0 Å². The smallest absolute Gasteiger partial charge is 0.0721 e. The molecule has 0 unspecified atom stereocenters. The topological polar surface area (TPSA) is 12.9 Å². The van der Waals surface area contributed by atoms with Crippen LogP contribution in [0.2, 0.25) is 5.02 Å². The van der Waals surface area contributed by atoms with Crippen molar-refractivity contribution in [1.29, 1.82) is 0 Å². The minimum Gasteiger partial charge on any atom is -0.252 e. The number of rotatable bonds is 0. The van der Waals surface area contributed by atoms with Crippen LogP contribution in [0.4, 0.5) is 0 Å². The first-order valence-electron chi connectivity index (χ1n) is 5.02. The molecule has 3 heteroatoms. The summed E-state index contributed by atoms with van der Waals surface area (Å²) in [7, 11) is 0. The molecule has 0 bridgehead atoms. The van der Waals surface area contributed by atoms with Gasteiger partial charge >= 0.3 is 0 Å². The summed E-state index contributed by atoms with van der Waals surface area (Å²) < 4.78 is 1.05. The van der Waals surface area contributed by atoms with Crippen LogP contribution < -0.4 is 0 Å². The molecule has 76 valence electrons. The highest BCUT2D eigenvalue weighted by atomic mass is 79.9. The van der Waals surface area contributed by atoms with Crippen molar-refractivity contribution in [3.8, 4) is 0 Å². The molecule has 1 heterocycles. The molecule has 0 spiro atoms. The first kappa shape index (κ1) is 9.61. The molecule has 0 saturated carbocycles. The van der Waals surface area contributed by atoms with Crippen molar-refractivity contribution in [1.82, 2.24) is 4.98 Å². The second-order valence-corrected chi connectivity index (χ2v) is 5.16. The Bertz CT molecular complexity index is 551. The molecule has 0 fully saturated rings. The molecule has 1 aromatic carbocycles. The lowest BCUT2D eigenvalue weighted by Crippen LogP contribution is -1.91. The molecule has 1 aromatic heterocycles. The Labute approximate surface area is 102 Å². The van der Waals surface area contributed by atoms with Crippen LogP contribution in [0.3, 0.4) is 0 Å². The SMILES string of the molecule is Clc1c2c(nc3ccc(Br)cc13)CCC2. The zero-order valence-corrected chi connectivity index (χ0v) is 10.4. The first-order valence-corrected chi connectivity index (χ1v) is 6.19. The molecule has 15 heavy (non-hydrogen) atoms. The van der Waals surface area contributed by atoms with E-state index in [9.17, 15) is 0 Å². The van der Waals surface area contributed by atoms with Gasteiger partial charge in [-0.1, -0.05) is 27.5 Å². The molecule has 0 radical (unpaired) electrons. The number of aryl methyl sites for hydroxylation is 1. The van der Waals surface area contributed by atoms with E-state index in [2.05, 4.69) is 20.9 Å². The summed E-state index contributed by atoms with van der Waals surface area (Å²) in [6.45, 7) is 0. The van der Waals surface area contributed by atoms with Crippen molar-refractivity contribution in [2.45, 2.75) is 19.3 Å². The third-order valence-corrected chi connectivity index (χ3v) is 3.83. The number of hydrogen-bond acceptors (Lipinski definition) is 1. The predicted molar refractivity (Wildman–Crippen MR) is 66.5 cm³/mol. The number of hydrogen-bond donors (Lipinski definition) is 0. The number of nitrogens with zero attached hydrogens (tertiary/aromatic N) is 1. The van der Waals surface area contributed by atoms with E-state index in [4.69, 9.17) is 11.6 Å². The first-order chi connectivity index (χ1) is 7.25. The Balaban J connectivity index is 2.41. The normalized spacial score (nSPS) is 14.5. The maximum Gasteiger partial charge on any atom is 0.0721 e. The van der Waals surface area contributed by atoms with Crippen molar-refractivity contribution in [2.75, 3.05) is 0 Å². The largest absolute Gasteiger partial charge is 0.252 e. The Morgan fingerprint density at radius 1 is 1.27 bits per heavy atom. The van der Waals surface area contributed by atoms with E-state index in [1.54, 1.807) is 0 Å². The Morgan fingerprint density at radius 3 is 3.00 bits per heavy atom. The van der Waals surface area contributed by atoms with E-state index in [0.29, 0.717) is 0 Å². The van der Waals surface area contributed by atoms with Crippen LogP contribution in [0.15, 0.2) is 22.7 Å². The molecule has 1 nitrogen and oxygen atoms in total. The van der Waals surface area contributed by atoms with Gasteiger partial charge < -0.3 is 0 Å². The molecule has 2 aromatic rings. The van der Waals surface area contributed by atoms with Crippen LogP contribution in [0, 0.1) is 0 Å². The Hall–Kier alpha value is -0.600. The molecule has 0 saturated heterocycles. The summed E-state index contributed by atoms with van der Waals surface area (Å²) in [6.07, 6.45) is 3.32. The van der Waals surface area contributed by atoms with Gasteiger partial charge in [-0.25, -0.2) is 0 Å². The van der Waals surface area contributed by atoms with Crippen molar-refractivity contribution < 1.29 is 0 Å². The highest BCUT2D eigenvalue weighted by molar-refractivity contribution is 9.10. The van der Waals surface area contributed by atoms with Gasteiger partial charge in [0.05, 0.1) is 10.5 Å². The number of halogens is 2. The van der Waals surface area contributed by atoms with Crippen LogP contribution in [0.25, 0.3) is 10.9 Å². The van der Waals surface area contributed by atoms with Gasteiger partial charge in [0.2, 0.25) is 0 Å². The van der Waals surface area contributed by atoms with Gasteiger partial charge in [0.1, 0.15) is 0 Å². The minimum absolute atomic E-state index is 0.897. The molecule has 1 aliphatic rings. The quantitative estimate of drug-likeness (QED) is 0.708. The van der Waals surface area contributed by atoms with Crippen LogP contribution in [0.5, 0.6) is 0 Å². The third-order valence-electron chi connectivity index (χ3n) is 2.90. The molecular weight excluding hydrogens is 273 g/mol. The molecular formula is C12H9BrClN. The van der Waals surface area contributed by atoms with Gasteiger partial charge in [0, 0.05) is 15.6 Å². The number of benzene rings is 1. The fourth-order valence-electron chi connectivity index (χ4n) is 2.18. The molecule has 1 aliphatic carbocycles. The van der Waals surface area contributed by atoms with E-state index in [1.165, 1.54) is 17.7 Å². The van der Waals surface area contributed by atoms with Crippen molar-refractivity contribution in [3.05, 3.63) is 39.0 Å². The molecule has 0 atom stereocenters. The maximum absolute atomic E-state index is 6.40. The third kappa shape index (κ3) is 1.47. The lowest BCUT2D eigenvalue weighted by molar-refractivity contribution is 0.901. The Kier molecular flexibility index (Phi) is 2.22. The number of fused-ring (bicyclic) bond motifs is 2. The summed E-state index contributed by atoms with van der Waals surface area (Å²) in [4.78, 5) is 4.65. The van der Waals surface area contributed by atoms with E-state index in [0.717, 1.165) is 33.2 Å². The Morgan fingerprint density at radius 2 is 2.13 bits per heavy atom. The van der Waals surface area contributed by atoms with Crippen molar-refractivity contribution in [2.24, 2.45) is 0 Å². The standard InChI is InChI=1S/C12H9BrClN/c13-7-4-5-11-9(6-7)12(14)8-2-1-3-10(8)15-11/h4-6H,1-3H2. The minimum atomic E-state index is 0.897. The highest BCUT2D eigenvalue weighted by Gasteiger charge is 2.18. The summed E-state index contributed by atoms with van der Waals surface area (Å²) in [6, 6.07) is 6.07. The lowest BCUT2D eigenvalue weighted by Gasteiger charge is -2.06. The van der Waals surface area contributed by atoms with E-state index >= 15 is 0 Å². The average molecular weight is 283 g/mol. The van der Waals surface area contributed by atoms with Gasteiger partial charge in [-0.2, -0.15) is 0 Å². The monoisotopic (exact) mass is 281 g/mol. The predicted octanol–water partition coefficient (Wildman–Crippen LogP) is 4.14. The summed E-state index contributed by atoms with van der Waals surface area (Å²) in [5.74, 6) is 0. The summed E-state index contributed by atoms with van der Waals surface area (Å²) in [5.41, 5.74) is 3.45. The van der Waals surface area contributed by atoms with Crippen molar-refractivity contribution in [3.63, 3.8) is 0 Å². The van der Waals surface area contributed by atoms with Gasteiger partial charge in [0.25, 0.3) is 0 Å². The fraction of sp³-hybridized carbons (Fsp3) is 0.250. The molecule has 3 rings (SSSR count). The van der Waals surface area contributed by atoms with Crippen LogP contribution in [0.1, 0.15) is 17.7 Å². The fourth-order valence-corrected chi connectivity index (χ4v) is 2.89. The zero-order chi connectivity index (χ0) is 10.4. The van der Waals surface area contributed by atoms with Crippen molar-refractivity contribution >= 4 is 38.4 Å². The zero-order valence-electron chi connectivity index (χ0n) is 8.06. The van der Waals surface area contributed by atoms with E-state index < -0.39 is 0 Å². The number of aromatic nitrogens is 1. The molecule has 0 N–H and O–H groups in total. The van der Waals surface area contributed by atoms with Gasteiger partial charge in [-0.15, -0.1) is 0 Å². The summed E-state index contributed by atoms with van der Waals surface area (Å²) in [5, 5.41) is 1.96. The van der Waals surface area contributed by atoms with Crippen LogP contribution in [-0.4, -0.2) is 4.98 Å². The average Bonchev–Trinajstić information content (AvgIpc) is 2.68. The highest BCUT2D eigenvalue weighted by Crippen LogP contribution is 2.34. The molecule has 0 aliphatic heterocycles. The second-order valence-electron chi connectivity index (χ2n) is 3.87. The van der Waals surface area contributed by atoms with Gasteiger partial charge in [-0.3, -0.25) is 4.98 Å². The number of pyridine rings is 1. The van der Waals surface area contributed by atoms with Gasteiger partial charge in [-0.05, 0) is 43.0 Å². The van der Waals surface area contributed by atoms with E-state index in [-0.39, 0.29) is 0 Å². The second kappa shape index (κ2) is 3.46.